The number of nitrogens with zero attached hydrogens (tertiary/aromatic N) is 2. The molecule has 3 rings (SSSR count). The van der Waals surface area contributed by atoms with E-state index in [4.69, 9.17) is 4.74 Å². The van der Waals surface area contributed by atoms with E-state index in [1.54, 1.807) is 19.2 Å². The molecule has 0 spiro atoms. The monoisotopic (exact) mass is 315 g/mol. The molecule has 1 aliphatic heterocycles. The fraction of sp³-hybridized carbons (Fsp3) is 0.312. The average molecular weight is 315 g/mol. The maximum atomic E-state index is 12.6. The molecule has 7 heteroatoms. The molecule has 0 fully saturated rings. The van der Waals surface area contributed by atoms with Crippen molar-refractivity contribution in [2.45, 2.75) is 12.3 Å². The lowest BCUT2D eigenvalue weighted by Crippen LogP contribution is -2.44. The molecule has 120 valence electrons. The Bertz CT molecular complexity index is 911. The largest absolute Gasteiger partial charge is 0.497 e. The highest BCUT2D eigenvalue weighted by Gasteiger charge is 2.32. The van der Waals surface area contributed by atoms with Crippen LogP contribution in [0.4, 0.5) is 5.82 Å². The first-order valence-electron chi connectivity index (χ1n) is 7.17. The molecular weight excluding hydrogens is 298 g/mol. The Morgan fingerprint density at radius 1 is 1.17 bits per heavy atom. The Balaban J connectivity index is 2.29. The molecule has 1 amide bonds. The third kappa shape index (κ3) is 2.34. The van der Waals surface area contributed by atoms with E-state index >= 15 is 0 Å². The Labute approximate surface area is 132 Å². The first-order valence-corrected chi connectivity index (χ1v) is 7.17. The second kappa shape index (κ2) is 5.42. The summed E-state index contributed by atoms with van der Waals surface area (Å²) >= 11 is 0. The Morgan fingerprint density at radius 2 is 1.91 bits per heavy atom. The molecule has 0 radical (unpaired) electrons. The topological polar surface area (TPSA) is 82.3 Å². The third-order valence-electron chi connectivity index (χ3n) is 4.19. The highest BCUT2D eigenvalue weighted by Crippen LogP contribution is 2.35. The minimum absolute atomic E-state index is 0.146. The molecule has 23 heavy (non-hydrogen) atoms. The van der Waals surface area contributed by atoms with Gasteiger partial charge in [-0.1, -0.05) is 12.1 Å². The van der Waals surface area contributed by atoms with Gasteiger partial charge in [-0.2, -0.15) is 0 Å². The Morgan fingerprint density at radius 3 is 2.61 bits per heavy atom. The number of hydrogen-bond donors (Lipinski definition) is 1. The van der Waals surface area contributed by atoms with Crippen LogP contribution < -0.4 is 21.3 Å². The van der Waals surface area contributed by atoms with E-state index < -0.39 is 17.2 Å². The number of nitrogens with one attached hydrogen (secondary N) is 1. The molecule has 2 aromatic rings. The van der Waals surface area contributed by atoms with Gasteiger partial charge in [-0.05, 0) is 17.7 Å². The summed E-state index contributed by atoms with van der Waals surface area (Å²) in [6.07, 6.45) is 0.146. The van der Waals surface area contributed by atoms with Crippen molar-refractivity contribution in [2.75, 3.05) is 12.4 Å². The van der Waals surface area contributed by atoms with Gasteiger partial charge in [-0.3, -0.25) is 18.7 Å². The molecule has 1 aromatic heterocycles. The normalized spacial score (nSPS) is 16.7. The van der Waals surface area contributed by atoms with Crippen LogP contribution in [0.2, 0.25) is 0 Å². The van der Waals surface area contributed by atoms with Gasteiger partial charge < -0.3 is 10.1 Å². The predicted molar refractivity (Wildman–Crippen MR) is 85.0 cm³/mol. The van der Waals surface area contributed by atoms with E-state index in [9.17, 15) is 14.4 Å². The van der Waals surface area contributed by atoms with Crippen molar-refractivity contribution < 1.29 is 9.53 Å². The number of fused-ring (bicyclic) bond motifs is 1. The lowest BCUT2D eigenvalue weighted by Gasteiger charge is -2.27. The van der Waals surface area contributed by atoms with E-state index in [-0.39, 0.29) is 18.1 Å². The van der Waals surface area contributed by atoms with Gasteiger partial charge in [-0.25, -0.2) is 4.79 Å². The second-order valence-corrected chi connectivity index (χ2v) is 5.55. The van der Waals surface area contributed by atoms with E-state index in [1.165, 1.54) is 18.7 Å². The first-order chi connectivity index (χ1) is 10.9. The maximum absolute atomic E-state index is 12.6. The first kappa shape index (κ1) is 15.1. The summed E-state index contributed by atoms with van der Waals surface area (Å²) in [7, 11) is 4.53. The van der Waals surface area contributed by atoms with Gasteiger partial charge in [-0.15, -0.1) is 0 Å². The number of amides is 1. The summed E-state index contributed by atoms with van der Waals surface area (Å²) in [6, 6.07) is 7.26. The molecule has 1 N–H and O–H groups in total. The second-order valence-electron chi connectivity index (χ2n) is 5.55. The molecule has 1 aromatic carbocycles. The number of anilines is 1. The standard InChI is InChI=1S/C16H17N3O4/c1-18-14-13(15(21)19(2)16(18)22)11(8-12(20)17-14)9-5-4-6-10(7-9)23-3/h4-7,11H,8H2,1-3H3,(H,17,20)/t11-/m0/s1. The minimum Gasteiger partial charge on any atom is -0.497 e. The number of aromatic nitrogens is 2. The van der Waals surface area contributed by atoms with Crippen LogP contribution in [-0.4, -0.2) is 22.2 Å². The van der Waals surface area contributed by atoms with Crippen molar-refractivity contribution >= 4 is 11.7 Å². The summed E-state index contributed by atoms with van der Waals surface area (Å²) in [5.41, 5.74) is 0.356. The molecule has 0 unspecified atom stereocenters. The summed E-state index contributed by atoms with van der Waals surface area (Å²) in [5.74, 6) is 0.270. The molecule has 0 bridgehead atoms. The highest BCUT2D eigenvalue weighted by molar-refractivity contribution is 5.94. The van der Waals surface area contributed by atoms with Crippen molar-refractivity contribution in [3.63, 3.8) is 0 Å². The van der Waals surface area contributed by atoms with Gasteiger partial charge >= 0.3 is 5.69 Å². The van der Waals surface area contributed by atoms with Crippen LogP contribution in [0.25, 0.3) is 0 Å². The SMILES string of the molecule is COc1cccc([C@@H]2CC(=O)Nc3c2c(=O)n(C)c(=O)n3C)c1. The number of hydrogen-bond acceptors (Lipinski definition) is 4. The van der Waals surface area contributed by atoms with Crippen LogP contribution in [0, 0.1) is 0 Å². The van der Waals surface area contributed by atoms with Crippen molar-refractivity contribution in [3.8, 4) is 5.75 Å². The molecule has 1 aliphatic rings. The summed E-state index contributed by atoms with van der Waals surface area (Å²) in [4.78, 5) is 36.7. The number of carbonyl (C=O) groups excluding carboxylic acids is 1. The number of rotatable bonds is 2. The van der Waals surface area contributed by atoms with Crippen molar-refractivity contribution in [1.82, 2.24) is 9.13 Å². The molecule has 0 saturated heterocycles. The molecule has 0 aliphatic carbocycles. The summed E-state index contributed by atoms with van der Waals surface area (Å²) < 4.78 is 7.57. The van der Waals surface area contributed by atoms with Gasteiger partial charge in [0, 0.05) is 26.4 Å². The summed E-state index contributed by atoms with van der Waals surface area (Å²) in [6.45, 7) is 0. The predicted octanol–water partition coefficient (Wildman–Crippen LogP) is 0.567. The van der Waals surface area contributed by atoms with Crippen molar-refractivity contribution in [1.29, 1.82) is 0 Å². The number of benzene rings is 1. The zero-order valence-corrected chi connectivity index (χ0v) is 13.1. The average Bonchev–Trinajstić information content (AvgIpc) is 2.57. The van der Waals surface area contributed by atoms with Crippen LogP contribution in [0.3, 0.4) is 0 Å². The highest BCUT2D eigenvalue weighted by atomic mass is 16.5. The Hall–Kier alpha value is -2.83. The van der Waals surface area contributed by atoms with Crippen LogP contribution in [0.15, 0.2) is 33.9 Å². The van der Waals surface area contributed by atoms with Crippen LogP contribution in [-0.2, 0) is 18.9 Å². The molecule has 1 atom stereocenters. The van der Waals surface area contributed by atoms with Gasteiger partial charge in [0.25, 0.3) is 5.56 Å². The molecule has 2 heterocycles. The Kier molecular flexibility index (Phi) is 3.55. The van der Waals surface area contributed by atoms with Crippen LogP contribution in [0.5, 0.6) is 5.75 Å². The number of ether oxygens (including phenoxy) is 1. The van der Waals surface area contributed by atoms with Crippen molar-refractivity contribution in [3.05, 3.63) is 56.2 Å². The zero-order chi connectivity index (χ0) is 16.7. The minimum atomic E-state index is -0.472. The third-order valence-corrected chi connectivity index (χ3v) is 4.19. The number of methoxy groups -OCH3 is 1. The van der Waals surface area contributed by atoms with E-state index in [1.807, 2.05) is 12.1 Å². The lowest BCUT2D eigenvalue weighted by atomic mass is 9.86. The lowest BCUT2D eigenvalue weighted by molar-refractivity contribution is -0.116. The van der Waals surface area contributed by atoms with Gasteiger partial charge in [0.15, 0.2) is 0 Å². The smallest absolute Gasteiger partial charge is 0.332 e. The van der Waals surface area contributed by atoms with Gasteiger partial charge in [0.1, 0.15) is 11.6 Å². The van der Waals surface area contributed by atoms with Gasteiger partial charge in [0.2, 0.25) is 5.91 Å². The van der Waals surface area contributed by atoms with E-state index in [0.717, 1.165) is 10.1 Å². The fourth-order valence-electron chi connectivity index (χ4n) is 2.95. The van der Waals surface area contributed by atoms with E-state index in [0.29, 0.717) is 11.3 Å². The maximum Gasteiger partial charge on any atom is 0.332 e. The van der Waals surface area contributed by atoms with Crippen LogP contribution >= 0.6 is 0 Å². The van der Waals surface area contributed by atoms with Crippen molar-refractivity contribution in [2.24, 2.45) is 14.1 Å². The molecular formula is C16H17N3O4. The molecule has 0 saturated carbocycles. The summed E-state index contributed by atoms with van der Waals surface area (Å²) in [5, 5.41) is 2.64. The van der Waals surface area contributed by atoms with Gasteiger partial charge in [0.05, 0.1) is 12.7 Å². The zero-order valence-electron chi connectivity index (χ0n) is 13.1. The fourth-order valence-corrected chi connectivity index (χ4v) is 2.95. The van der Waals surface area contributed by atoms with Crippen LogP contribution in [0.1, 0.15) is 23.5 Å². The number of carbonyl (C=O) groups is 1. The van der Waals surface area contributed by atoms with E-state index in [2.05, 4.69) is 5.32 Å². The quantitative estimate of drug-likeness (QED) is 0.878. The molecule has 7 nitrogen and oxygen atoms in total.